The number of hydrogen-bond acceptors (Lipinski definition) is 4. The summed E-state index contributed by atoms with van der Waals surface area (Å²) in [5.41, 5.74) is 0.468. The molecule has 0 saturated heterocycles. The van der Waals surface area contributed by atoms with E-state index in [4.69, 9.17) is 0 Å². The molecule has 0 heterocycles. The van der Waals surface area contributed by atoms with E-state index < -0.39 is 11.0 Å². The largest absolute Gasteiger partial charge is 0.391 e. The van der Waals surface area contributed by atoms with Crippen molar-refractivity contribution >= 4 is 11.4 Å². The molecule has 0 radical (unpaired) electrons. The number of benzene rings is 1. The number of rotatable bonds is 5. The molecule has 2 N–H and O–H groups in total. The Morgan fingerprint density at radius 2 is 2.20 bits per heavy atom. The second kappa shape index (κ2) is 5.31. The van der Waals surface area contributed by atoms with Crippen LogP contribution < -0.4 is 5.32 Å². The Morgan fingerprint density at radius 1 is 1.53 bits per heavy atom. The van der Waals surface area contributed by atoms with Crippen LogP contribution >= 0.6 is 0 Å². The van der Waals surface area contributed by atoms with Crippen molar-refractivity contribution in [3.05, 3.63) is 34.4 Å². The maximum absolute atomic E-state index is 10.6. The number of nitro benzene ring substituents is 1. The van der Waals surface area contributed by atoms with Crippen LogP contribution in [0.25, 0.3) is 0 Å². The molecule has 0 aliphatic carbocycles. The average molecular weight is 210 g/mol. The van der Waals surface area contributed by atoms with Gasteiger partial charge in [0.05, 0.1) is 11.0 Å². The van der Waals surface area contributed by atoms with Crippen molar-refractivity contribution < 1.29 is 10.0 Å². The van der Waals surface area contributed by atoms with Gasteiger partial charge in [0.15, 0.2) is 0 Å². The number of aliphatic hydroxyl groups excluding tert-OH is 1. The smallest absolute Gasteiger partial charge is 0.292 e. The predicted molar refractivity (Wildman–Crippen MR) is 57.9 cm³/mol. The van der Waals surface area contributed by atoms with Gasteiger partial charge in [0.1, 0.15) is 5.69 Å². The van der Waals surface area contributed by atoms with Crippen LogP contribution in [0.5, 0.6) is 0 Å². The summed E-state index contributed by atoms with van der Waals surface area (Å²) < 4.78 is 0. The fraction of sp³-hybridized carbons (Fsp3) is 0.400. The minimum absolute atomic E-state index is 0.0285. The molecule has 1 unspecified atom stereocenters. The summed E-state index contributed by atoms with van der Waals surface area (Å²) in [6.45, 7) is 2.17. The highest BCUT2D eigenvalue weighted by atomic mass is 16.6. The van der Waals surface area contributed by atoms with Crippen LogP contribution in [0.2, 0.25) is 0 Å². The number of nitrogens with one attached hydrogen (secondary N) is 1. The van der Waals surface area contributed by atoms with Gasteiger partial charge in [-0.2, -0.15) is 0 Å². The summed E-state index contributed by atoms with van der Waals surface area (Å²) in [6.07, 6.45) is 0.137. The summed E-state index contributed by atoms with van der Waals surface area (Å²) in [7, 11) is 0. The highest BCUT2D eigenvalue weighted by Crippen LogP contribution is 2.22. The third-order valence-electron chi connectivity index (χ3n) is 2.10. The SMILES string of the molecule is CCC(O)CNc1ccccc1[N+](=O)[O-]. The van der Waals surface area contributed by atoms with Crippen LogP contribution in [-0.2, 0) is 0 Å². The molecule has 0 saturated carbocycles. The summed E-state index contributed by atoms with van der Waals surface area (Å²) in [5.74, 6) is 0. The Kier molecular flexibility index (Phi) is 4.05. The Bertz CT molecular complexity index is 341. The number of para-hydroxylation sites is 2. The molecule has 15 heavy (non-hydrogen) atoms. The quantitative estimate of drug-likeness (QED) is 0.573. The van der Waals surface area contributed by atoms with Crippen LogP contribution in [0.4, 0.5) is 11.4 Å². The van der Waals surface area contributed by atoms with Gasteiger partial charge >= 0.3 is 0 Å². The first kappa shape index (κ1) is 11.5. The first-order valence-corrected chi connectivity index (χ1v) is 4.80. The maximum Gasteiger partial charge on any atom is 0.292 e. The zero-order chi connectivity index (χ0) is 11.3. The summed E-state index contributed by atoms with van der Waals surface area (Å²) in [5, 5.41) is 22.8. The van der Waals surface area contributed by atoms with Crippen LogP contribution in [0.1, 0.15) is 13.3 Å². The van der Waals surface area contributed by atoms with Crippen molar-refractivity contribution in [2.24, 2.45) is 0 Å². The lowest BCUT2D eigenvalue weighted by atomic mass is 10.2. The van der Waals surface area contributed by atoms with Crippen molar-refractivity contribution in [1.82, 2.24) is 0 Å². The standard InChI is InChI=1S/C10H14N2O3/c1-2-8(13)7-11-9-5-3-4-6-10(9)12(14)15/h3-6,8,11,13H,2,7H2,1H3. The number of hydrogen-bond donors (Lipinski definition) is 2. The molecule has 1 atom stereocenters. The summed E-state index contributed by atoms with van der Waals surface area (Å²) in [6, 6.07) is 6.38. The van der Waals surface area contributed by atoms with Gasteiger partial charge in [-0.15, -0.1) is 0 Å². The van der Waals surface area contributed by atoms with Gasteiger partial charge in [0.25, 0.3) is 5.69 Å². The third kappa shape index (κ3) is 3.21. The lowest BCUT2D eigenvalue weighted by Gasteiger charge is -2.10. The molecule has 0 aromatic heterocycles. The van der Waals surface area contributed by atoms with Crippen LogP contribution in [0.15, 0.2) is 24.3 Å². The van der Waals surface area contributed by atoms with E-state index in [0.717, 1.165) is 0 Å². The first-order chi connectivity index (χ1) is 7.15. The van der Waals surface area contributed by atoms with E-state index in [9.17, 15) is 15.2 Å². The van der Waals surface area contributed by atoms with E-state index in [1.165, 1.54) is 6.07 Å². The molecule has 0 amide bonds. The Balaban J connectivity index is 2.72. The van der Waals surface area contributed by atoms with Gasteiger partial charge in [-0.1, -0.05) is 19.1 Å². The van der Waals surface area contributed by atoms with Gasteiger partial charge in [-0.05, 0) is 12.5 Å². The number of anilines is 1. The molecule has 1 rings (SSSR count). The predicted octanol–water partition coefficient (Wildman–Crippen LogP) is 1.78. The van der Waals surface area contributed by atoms with Gasteiger partial charge in [0, 0.05) is 12.6 Å². The fourth-order valence-electron chi connectivity index (χ4n) is 1.15. The van der Waals surface area contributed by atoms with Crippen molar-refractivity contribution in [2.75, 3.05) is 11.9 Å². The van der Waals surface area contributed by atoms with Crippen LogP contribution in [-0.4, -0.2) is 22.7 Å². The molecule has 5 nitrogen and oxygen atoms in total. The molecular weight excluding hydrogens is 196 g/mol. The molecule has 0 fully saturated rings. The highest BCUT2D eigenvalue weighted by molar-refractivity contribution is 5.61. The van der Waals surface area contributed by atoms with Crippen LogP contribution in [0.3, 0.4) is 0 Å². The molecule has 0 bridgehead atoms. The van der Waals surface area contributed by atoms with Gasteiger partial charge in [0.2, 0.25) is 0 Å². The van der Waals surface area contributed by atoms with Crippen molar-refractivity contribution in [3.63, 3.8) is 0 Å². The monoisotopic (exact) mass is 210 g/mol. The minimum Gasteiger partial charge on any atom is -0.391 e. The molecule has 5 heteroatoms. The van der Waals surface area contributed by atoms with E-state index >= 15 is 0 Å². The zero-order valence-corrected chi connectivity index (χ0v) is 8.51. The third-order valence-corrected chi connectivity index (χ3v) is 2.10. The zero-order valence-electron chi connectivity index (χ0n) is 8.51. The average Bonchev–Trinajstić information content (AvgIpc) is 2.26. The van der Waals surface area contributed by atoms with E-state index in [1.54, 1.807) is 18.2 Å². The number of nitrogens with zero attached hydrogens (tertiary/aromatic N) is 1. The number of aliphatic hydroxyl groups is 1. The topological polar surface area (TPSA) is 75.4 Å². The normalized spacial score (nSPS) is 12.1. The summed E-state index contributed by atoms with van der Waals surface area (Å²) in [4.78, 5) is 10.2. The van der Waals surface area contributed by atoms with Crippen LogP contribution in [0, 0.1) is 10.1 Å². The van der Waals surface area contributed by atoms with E-state index in [0.29, 0.717) is 18.7 Å². The Hall–Kier alpha value is -1.62. The minimum atomic E-state index is -0.482. The first-order valence-electron chi connectivity index (χ1n) is 4.80. The lowest BCUT2D eigenvalue weighted by molar-refractivity contribution is -0.384. The second-order valence-electron chi connectivity index (χ2n) is 3.22. The fourth-order valence-corrected chi connectivity index (χ4v) is 1.15. The van der Waals surface area contributed by atoms with E-state index in [1.807, 2.05) is 6.92 Å². The second-order valence-corrected chi connectivity index (χ2v) is 3.22. The molecule has 0 aliphatic rings. The van der Waals surface area contributed by atoms with Gasteiger partial charge in [-0.25, -0.2) is 0 Å². The lowest BCUT2D eigenvalue weighted by Crippen LogP contribution is -2.18. The van der Waals surface area contributed by atoms with Crippen molar-refractivity contribution in [3.8, 4) is 0 Å². The molecular formula is C10H14N2O3. The molecule has 0 aliphatic heterocycles. The van der Waals surface area contributed by atoms with Crippen molar-refractivity contribution in [1.29, 1.82) is 0 Å². The Morgan fingerprint density at radius 3 is 2.80 bits per heavy atom. The molecule has 1 aromatic rings. The highest BCUT2D eigenvalue weighted by Gasteiger charge is 2.12. The molecule has 0 spiro atoms. The van der Waals surface area contributed by atoms with Gasteiger partial charge < -0.3 is 10.4 Å². The van der Waals surface area contributed by atoms with E-state index in [2.05, 4.69) is 5.32 Å². The van der Waals surface area contributed by atoms with E-state index in [-0.39, 0.29) is 5.69 Å². The van der Waals surface area contributed by atoms with Crippen molar-refractivity contribution in [2.45, 2.75) is 19.4 Å². The maximum atomic E-state index is 10.6. The Labute approximate surface area is 87.9 Å². The number of nitro groups is 1. The summed E-state index contributed by atoms with van der Waals surface area (Å²) >= 11 is 0. The molecule has 1 aromatic carbocycles. The molecule has 82 valence electrons. The van der Waals surface area contributed by atoms with Gasteiger partial charge in [-0.3, -0.25) is 10.1 Å².